The Bertz CT molecular complexity index is 601. The van der Waals surface area contributed by atoms with E-state index in [1.807, 2.05) is 26.8 Å². The third-order valence-corrected chi connectivity index (χ3v) is 3.66. The summed E-state index contributed by atoms with van der Waals surface area (Å²) >= 11 is 0. The summed E-state index contributed by atoms with van der Waals surface area (Å²) in [6.45, 7) is 13.7. The van der Waals surface area contributed by atoms with Crippen LogP contribution in [0.2, 0.25) is 0 Å². The van der Waals surface area contributed by atoms with E-state index in [0.29, 0.717) is 11.5 Å². The van der Waals surface area contributed by atoms with Gasteiger partial charge in [0.15, 0.2) is 0 Å². The topological polar surface area (TPSA) is 52.6 Å². The molecule has 0 bridgehead atoms. The summed E-state index contributed by atoms with van der Waals surface area (Å²) in [5.41, 5.74) is 1.97. The Morgan fingerprint density at radius 1 is 1.13 bits per heavy atom. The summed E-state index contributed by atoms with van der Waals surface area (Å²) in [4.78, 5) is 22.8. The van der Waals surface area contributed by atoms with Crippen molar-refractivity contribution in [3.63, 3.8) is 0 Å². The van der Waals surface area contributed by atoms with E-state index in [-0.39, 0.29) is 23.2 Å². The average molecular weight is 320 g/mol. The molecule has 0 amide bonds. The number of esters is 1. The molecule has 128 valence electrons. The monoisotopic (exact) mass is 320 g/mol. The molecular weight excluding hydrogens is 292 g/mol. The van der Waals surface area contributed by atoms with Crippen molar-refractivity contribution in [3.05, 3.63) is 22.8 Å². The zero-order chi connectivity index (χ0) is 18.0. The molecule has 0 radical (unpaired) electrons. The molecule has 4 heteroatoms. The first-order valence-corrected chi connectivity index (χ1v) is 7.80. The molecule has 0 fully saturated rings. The van der Waals surface area contributed by atoms with Crippen molar-refractivity contribution in [2.24, 2.45) is 0 Å². The number of carbonyl (C=O) groups is 2. The maximum absolute atomic E-state index is 11.7. The summed E-state index contributed by atoms with van der Waals surface area (Å²) in [6.07, 6.45) is 1.07. The molecule has 0 saturated carbocycles. The fourth-order valence-electron chi connectivity index (χ4n) is 2.75. The van der Waals surface area contributed by atoms with Crippen molar-refractivity contribution in [1.29, 1.82) is 0 Å². The second kappa shape index (κ2) is 6.73. The summed E-state index contributed by atoms with van der Waals surface area (Å²) in [5, 5.41) is 0. The smallest absolute Gasteiger partial charge is 0.308 e. The van der Waals surface area contributed by atoms with Gasteiger partial charge in [-0.25, -0.2) is 0 Å². The van der Waals surface area contributed by atoms with Gasteiger partial charge < -0.3 is 14.3 Å². The molecule has 0 aliphatic rings. The molecular formula is C19H28O4. The number of ether oxygens (including phenoxy) is 2. The number of benzene rings is 1. The van der Waals surface area contributed by atoms with Gasteiger partial charge >= 0.3 is 5.97 Å². The average Bonchev–Trinajstić information content (AvgIpc) is 2.35. The van der Waals surface area contributed by atoms with Crippen LogP contribution in [0.4, 0.5) is 0 Å². The van der Waals surface area contributed by atoms with E-state index in [4.69, 9.17) is 9.47 Å². The predicted octanol–water partition coefficient (Wildman–Crippen LogP) is 3.96. The Hall–Kier alpha value is -1.84. The number of hydrogen-bond donors (Lipinski definition) is 0. The van der Waals surface area contributed by atoms with Crippen LogP contribution >= 0.6 is 0 Å². The standard InChI is InChI=1S/C19H28O4/c1-12(21)23-17-14(18(2,3)4)11-15(22-8)13(9-10-20)16(17)19(5,6)7/h10-11H,9H2,1-8H3. The minimum atomic E-state index is -0.372. The summed E-state index contributed by atoms with van der Waals surface area (Å²) < 4.78 is 11.1. The molecule has 1 aromatic rings. The van der Waals surface area contributed by atoms with E-state index < -0.39 is 0 Å². The quantitative estimate of drug-likeness (QED) is 0.479. The Balaban J connectivity index is 3.95. The number of aldehydes is 1. The predicted molar refractivity (Wildman–Crippen MR) is 91.5 cm³/mol. The summed E-state index contributed by atoms with van der Waals surface area (Å²) in [6, 6.07) is 1.88. The largest absolute Gasteiger partial charge is 0.496 e. The van der Waals surface area contributed by atoms with Crippen LogP contribution in [-0.2, 0) is 26.8 Å². The maximum Gasteiger partial charge on any atom is 0.308 e. The highest BCUT2D eigenvalue weighted by atomic mass is 16.5. The zero-order valence-corrected chi connectivity index (χ0v) is 15.5. The minimum Gasteiger partial charge on any atom is -0.496 e. The lowest BCUT2D eigenvalue weighted by Crippen LogP contribution is -2.23. The number of rotatable bonds is 4. The molecule has 0 atom stereocenters. The van der Waals surface area contributed by atoms with Gasteiger partial charge in [0.2, 0.25) is 0 Å². The van der Waals surface area contributed by atoms with Crippen LogP contribution in [0.1, 0.15) is 65.2 Å². The highest BCUT2D eigenvalue weighted by Gasteiger charge is 2.32. The molecule has 0 N–H and O–H groups in total. The first-order valence-electron chi connectivity index (χ1n) is 7.80. The second-order valence-electron chi connectivity index (χ2n) is 7.77. The van der Waals surface area contributed by atoms with Crippen LogP contribution in [0.15, 0.2) is 6.07 Å². The van der Waals surface area contributed by atoms with Gasteiger partial charge in [0.1, 0.15) is 17.8 Å². The van der Waals surface area contributed by atoms with Gasteiger partial charge in [0.05, 0.1) is 7.11 Å². The maximum atomic E-state index is 11.7. The van der Waals surface area contributed by atoms with E-state index >= 15 is 0 Å². The van der Waals surface area contributed by atoms with E-state index in [2.05, 4.69) is 20.8 Å². The Kier molecular flexibility index (Phi) is 5.62. The van der Waals surface area contributed by atoms with Crippen molar-refractivity contribution in [1.82, 2.24) is 0 Å². The molecule has 23 heavy (non-hydrogen) atoms. The normalized spacial score (nSPS) is 12.0. The van der Waals surface area contributed by atoms with Gasteiger partial charge in [-0.15, -0.1) is 0 Å². The fourth-order valence-corrected chi connectivity index (χ4v) is 2.75. The van der Waals surface area contributed by atoms with Crippen LogP contribution in [0.5, 0.6) is 11.5 Å². The molecule has 0 spiro atoms. The second-order valence-corrected chi connectivity index (χ2v) is 7.77. The Labute approximate surface area is 139 Å². The van der Waals surface area contributed by atoms with Crippen molar-refractivity contribution in [2.45, 2.75) is 65.7 Å². The lowest BCUT2D eigenvalue weighted by molar-refractivity contribution is -0.132. The van der Waals surface area contributed by atoms with E-state index in [1.54, 1.807) is 7.11 Å². The molecule has 4 nitrogen and oxygen atoms in total. The van der Waals surface area contributed by atoms with Crippen LogP contribution < -0.4 is 9.47 Å². The molecule has 0 aromatic heterocycles. The third kappa shape index (κ3) is 4.34. The van der Waals surface area contributed by atoms with Gasteiger partial charge in [0.25, 0.3) is 0 Å². The minimum absolute atomic E-state index is 0.217. The van der Waals surface area contributed by atoms with Crippen molar-refractivity contribution in [3.8, 4) is 11.5 Å². The molecule has 1 rings (SSSR count). The molecule has 0 unspecified atom stereocenters. The Morgan fingerprint density at radius 2 is 1.70 bits per heavy atom. The van der Waals surface area contributed by atoms with Gasteiger partial charge in [-0.3, -0.25) is 4.79 Å². The molecule has 0 aliphatic carbocycles. The van der Waals surface area contributed by atoms with Crippen LogP contribution in [-0.4, -0.2) is 19.4 Å². The zero-order valence-electron chi connectivity index (χ0n) is 15.5. The Morgan fingerprint density at radius 3 is 2.04 bits per heavy atom. The SMILES string of the molecule is COc1cc(C(C)(C)C)c(OC(C)=O)c(C(C)(C)C)c1CC=O. The highest BCUT2D eigenvalue weighted by Crippen LogP contribution is 2.45. The highest BCUT2D eigenvalue weighted by molar-refractivity contribution is 5.73. The first kappa shape index (κ1) is 19.2. The van der Waals surface area contributed by atoms with Gasteiger partial charge in [-0.2, -0.15) is 0 Å². The van der Waals surface area contributed by atoms with Gasteiger partial charge in [-0.05, 0) is 16.9 Å². The lowest BCUT2D eigenvalue weighted by atomic mass is 9.76. The number of methoxy groups -OCH3 is 1. The van der Waals surface area contributed by atoms with Gasteiger partial charge in [-0.1, -0.05) is 41.5 Å². The fraction of sp³-hybridized carbons (Fsp3) is 0.579. The molecule has 1 aromatic carbocycles. The lowest BCUT2D eigenvalue weighted by Gasteiger charge is -2.32. The molecule has 0 aliphatic heterocycles. The third-order valence-electron chi connectivity index (χ3n) is 3.66. The first-order chi connectivity index (χ1) is 10.4. The van der Waals surface area contributed by atoms with E-state index in [0.717, 1.165) is 23.0 Å². The van der Waals surface area contributed by atoms with Crippen LogP contribution in [0, 0.1) is 0 Å². The summed E-state index contributed by atoms with van der Waals surface area (Å²) in [5.74, 6) is 0.834. The van der Waals surface area contributed by atoms with Crippen molar-refractivity contribution >= 4 is 12.3 Å². The molecule has 0 heterocycles. The molecule has 0 saturated heterocycles. The van der Waals surface area contributed by atoms with Gasteiger partial charge in [0, 0.05) is 30.0 Å². The van der Waals surface area contributed by atoms with Crippen LogP contribution in [0.25, 0.3) is 0 Å². The van der Waals surface area contributed by atoms with Crippen molar-refractivity contribution in [2.75, 3.05) is 7.11 Å². The van der Waals surface area contributed by atoms with E-state index in [9.17, 15) is 9.59 Å². The summed E-state index contributed by atoms with van der Waals surface area (Å²) in [7, 11) is 1.59. The van der Waals surface area contributed by atoms with Crippen molar-refractivity contribution < 1.29 is 19.1 Å². The van der Waals surface area contributed by atoms with Crippen LogP contribution in [0.3, 0.4) is 0 Å². The number of hydrogen-bond acceptors (Lipinski definition) is 4. The van der Waals surface area contributed by atoms with E-state index in [1.165, 1.54) is 6.92 Å². The number of carbonyl (C=O) groups excluding carboxylic acids is 2.